The summed E-state index contributed by atoms with van der Waals surface area (Å²) in [5, 5.41) is 2.50. The van der Waals surface area contributed by atoms with E-state index < -0.39 is 0 Å². The molecule has 29 heavy (non-hydrogen) atoms. The van der Waals surface area contributed by atoms with Crippen LogP contribution in [0, 0.1) is 0 Å². The lowest BCUT2D eigenvalue weighted by Gasteiger charge is -2.22. The topological polar surface area (TPSA) is 51.8 Å². The largest absolute Gasteiger partial charge is 0.462 e. The summed E-state index contributed by atoms with van der Waals surface area (Å²) in [5.74, 6) is 0. The molecule has 0 saturated carbocycles. The van der Waals surface area contributed by atoms with Crippen LogP contribution in [0.2, 0.25) is 0 Å². The number of aromatic nitrogens is 3. The number of fused-ring (bicyclic) bond motifs is 2. The molecule has 0 spiro atoms. The Bertz CT molecular complexity index is 1350. The van der Waals surface area contributed by atoms with Gasteiger partial charge >= 0.3 is 0 Å². The van der Waals surface area contributed by atoms with Crippen molar-refractivity contribution in [2.75, 3.05) is 0 Å². The Morgan fingerprint density at radius 1 is 0.828 bits per heavy atom. The summed E-state index contributed by atoms with van der Waals surface area (Å²) in [6.07, 6.45) is 5.05. The molecule has 0 radical (unpaired) electrons. The van der Waals surface area contributed by atoms with E-state index in [1.165, 1.54) is 16.3 Å². The minimum Gasteiger partial charge on any atom is -0.462 e. The smallest absolute Gasteiger partial charge is 0.161 e. The standard InChI is InChI=1S/C25H21N3O/c1-25(2,3)20-13-17(12-16-6-4-5-7-18(16)20)22-14-23(28-15-27-22)19-8-10-26-21-9-11-29-24(19)21/h4-15H,1-3H3. The molecule has 0 unspecified atom stereocenters. The lowest BCUT2D eigenvalue weighted by molar-refractivity contribution is 0.596. The average Bonchev–Trinajstić information content (AvgIpc) is 3.21. The third-order valence-electron chi connectivity index (χ3n) is 5.25. The molecule has 0 amide bonds. The van der Waals surface area contributed by atoms with Gasteiger partial charge in [0.05, 0.1) is 17.7 Å². The Morgan fingerprint density at radius 3 is 2.52 bits per heavy atom. The van der Waals surface area contributed by atoms with Gasteiger partial charge in [-0.2, -0.15) is 0 Å². The fraction of sp³-hybridized carbons (Fsp3) is 0.160. The molecule has 0 atom stereocenters. The number of nitrogens with zero attached hydrogens (tertiary/aromatic N) is 3. The van der Waals surface area contributed by atoms with Crippen molar-refractivity contribution < 1.29 is 4.42 Å². The zero-order chi connectivity index (χ0) is 20.0. The molecular weight excluding hydrogens is 358 g/mol. The molecule has 3 aromatic heterocycles. The molecule has 4 nitrogen and oxygen atoms in total. The Morgan fingerprint density at radius 2 is 1.66 bits per heavy atom. The van der Waals surface area contributed by atoms with Crippen molar-refractivity contribution >= 4 is 21.9 Å². The van der Waals surface area contributed by atoms with E-state index in [9.17, 15) is 0 Å². The highest BCUT2D eigenvalue weighted by atomic mass is 16.3. The maximum absolute atomic E-state index is 5.65. The highest BCUT2D eigenvalue weighted by Gasteiger charge is 2.19. The van der Waals surface area contributed by atoms with Crippen LogP contribution in [0.1, 0.15) is 26.3 Å². The molecule has 0 aliphatic heterocycles. The lowest BCUT2D eigenvalue weighted by Crippen LogP contribution is -2.12. The van der Waals surface area contributed by atoms with Crippen LogP contribution < -0.4 is 0 Å². The second kappa shape index (κ2) is 6.52. The molecule has 0 aliphatic rings. The number of pyridine rings is 1. The van der Waals surface area contributed by atoms with Crippen LogP contribution in [-0.4, -0.2) is 15.0 Å². The summed E-state index contributed by atoms with van der Waals surface area (Å²) in [6, 6.07) is 18.8. The third kappa shape index (κ3) is 3.07. The number of hydrogen-bond acceptors (Lipinski definition) is 4. The predicted molar refractivity (Wildman–Crippen MR) is 117 cm³/mol. The Hall–Kier alpha value is -3.53. The Labute approximate surface area is 169 Å². The molecule has 0 aliphatic carbocycles. The summed E-state index contributed by atoms with van der Waals surface area (Å²) in [5.41, 5.74) is 6.61. The number of rotatable bonds is 2. The van der Waals surface area contributed by atoms with E-state index in [0.29, 0.717) is 0 Å². The fourth-order valence-electron chi connectivity index (χ4n) is 3.82. The molecule has 3 heterocycles. The number of furan rings is 1. The van der Waals surface area contributed by atoms with Crippen LogP contribution in [0.5, 0.6) is 0 Å². The van der Waals surface area contributed by atoms with E-state index in [1.54, 1.807) is 18.8 Å². The van der Waals surface area contributed by atoms with E-state index in [1.807, 2.05) is 18.2 Å². The minimum atomic E-state index is 0.0247. The van der Waals surface area contributed by atoms with Crippen molar-refractivity contribution in [2.24, 2.45) is 0 Å². The molecule has 0 saturated heterocycles. The summed E-state index contributed by atoms with van der Waals surface area (Å²) in [6.45, 7) is 6.73. The van der Waals surface area contributed by atoms with Crippen molar-refractivity contribution in [1.82, 2.24) is 15.0 Å². The number of benzene rings is 2. The highest BCUT2D eigenvalue weighted by molar-refractivity contribution is 5.92. The molecule has 0 bridgehead atoms. The number of hydrogen-bond donors (Lipinski definition) is 0. The van der Waals surface area contributed by atoms with Gasteiger partial charge in [-0.3, -0.25) is 4.98 Å². The molecule has 0 fully saturated rings. The Kier molecular flexibility index (Phi) is 3.95. The van der Waals surface area contributed by atoms with Crippen molar-refractivity contribution in [3.05, 3.63) is 78.9 Å². The quantitative estimate of drug-likeness (QED) is 0.356. The average molecular weight is 379 g/mol. The van der Waals surface area contributed by atoms with Gasteiger partial charge in [0.15, 0.2) is 5.58 Å². The van der Waals surface area contributed by atoms with E-state index in [4.69, 9.17) is 4.42 Å². The lowest BCUT2D eigenvalue weighted by atomic mass is 9.82. The normalized spacial score (nSPS) is 12.0. The maximum Gasteiger partial charge on any atom is 0.161 e. The summed E-state index contributed by atoms with van der Waals surface area (Å²) >= 11 is 0. The van der Waals surface area contributed by atoms with E-state index in [-0.39, 0.29) is 5.41 Å². The fourth-order valence-corrected chi connectivity index (χ4v) is 3.82. The van der Waals surface area contributed by atoms with Gasteiger partial charge in [-0.25, -0.2) is 9.97 Å². The maximum atomic E-state index is 5.65. The van der Waals surface area contributed by atoms with Crippen molar-refractivity contribution in [2.45, 2.75) is 26.2 Å². The van der Waals surface area contributed by atoms with Crippen LogP contribution >= 0.6 is 0 Å². The van der Waals surface area contributed by atoms with Gasteiger partial charge in [-0.15, -0.1) is 0 Å². The molecule has 2 aromatic carbocycles. The highest BCUT2D eigenvalue weighted by Crippen LogP contribution is 2.35. The molecule has 4 heteroatoms. The zero-order valence-corrected chi connectivity index (χ0v) is 16.7. The van der Waals surface area contributed by atoms with Crippen LogP contribution in [0.4, 0.5) is 0 Å². The monoisotopic (exact) mass is 379 g/mol. The summed E-state index contributed by atoms with van der Waals surface area (Å²) in [4.78, 5) is 13.4. The van der Waals surface area contributed by atoms with Crippen LogP contribution in [0.25, 0.3) is 44.4 Å². The van der Waals surface area contributed by atoms with Crippen LogP contribution in [-0.2, 0) is 5.41 Å². The Balaban J connectivity index is 1.70. The summed E-state index contributed by atoms with van der Waals surface area (Å²) < 4.78 is 5.65. The molecule has 5 aromatic rings. The van der Waals surface area contributed by atoms with Crippen LogP contribution in [0.15, 0.2) is 77.8 Å². The zero-order valence-electron chi connectivity index (χ0n) is 16.7. The SMILES string of the molecule is CC(C)(C)c1cc(-c2cc(-c3ccnc4ccoc34)ncn2)cc2ccccc12. The van der Waals surface area contributed by atoms with Gasteiger partial charge in [0, 0.05) is 23.4 Å². The van der Waals surface area contributed by atoms with Gasteiger partial charge in [0.1, 0.15) is 11.8 Å². The second-order valence-corrected chi connectivity index (χ2v) is 8.28. The van der Waals surface area contributed by atoms with Gasteiger partial charge in [0.2, 0.25) is 0 Å². The van der Waals surface area contributed by atoms with E-state index in [0.717, 1.165) is 33.6 Å². The van der Waals surface area contributed by atoms with Gasteiger partial charge in [-0.1, -0.05) is 45.0 Å². The first-order valence-electron chi connectivity index (χ1n) is 9.69. The first-order chi connectivity index (χ1) is 14.0. The second-order valence-electron chi connectivity index (χ2n) is 8.28. The van der Waals surface area contributed by atoms with Gasteiger partial charge in [0.25, 0.3) is 0 Å². The molecule has 5 rings (SSSR count). The summed E-state index contributed by atoms with van der Waals surface area (Å²) in [7, 11) is 0. The van der Waals surface area contributed by atoms with Gasteiger partial charge in [-0.05, 0) is 46.0 Å². The first kappa shape index (κ1) is 17.6. The molecule has 0 N–H and O–H groups in total. The third-order valence-corrected chi connectivity index (χ3v) is 5.25. The molecular formula is C25H21N3O. The van der Waals surface area contributed by atoms with Crippen LogP contribution in [0.3, 0.4) is 0 Å². The van der Waals surface area contributed by atoms with E-state index >= 15 is 0 Å². The molecule has 142 valence electrons. The van der Waals surface area contributed by atoms with Gasteiger partial charge < -0.3 is 4.42 Å². The van der Waals surface area contributed by atoms with Crippen molar-refractivity contribution in [3.63, 3.8) is 0 Å². The van der Waals surface area contributed by atoms with Crippen molar-refractivity contribution in [3.8, 4) is 22.5 Å². The minimum absolute atomic E-state index is 0.0247. The first-order valence-corrected chi connectivity index (χ1v) is 9.69. The van der Waals surface area contributed by atoms with Crippen molar-refractivity contribution in [1.29, 1.82) is 0 Å². The van der Waals surface area contributed by atoms with E-state index in [2.05, 4.69) is 72.1 Å². The predicted octanol–water partition coefficient (Wildman–Crippen LogP) is 6.40.